The number of methoxy groups -OCH3 is 2. The van der Waals surface area contributed by atoms with Crippen molar-refractivity contribution in [2.75, 3.05) is 27.3 Å². The number of benzene rings is 1. The van der Waals surface area contributed by atoms with E-state index < -0.39 is 0 Å². The summed E-state index contributed by atoms with van der Waals surface area (Å²) >= 11 is 0. The van der Waals surface area contributed by atoms with Gasteiger partial charge in [-0.1, -0.05) is 18.2 Å². The molecule has 24 heavy (non-hydrogen) atoms. The average Bonchev–Trinajstić information content (AvgIpc) is 3.11. The molecule has 1 aromatic carbocycles. The fourth-order valence-electron chi connectivity index (χ4n) is 2.76. The Morgan fingerprint density at radius 3 is 2.58 bits per heavy atom. The summed E-state index contributed by atoms with van der Waals surface area (Å²) in [4.78, 5) is 4.68. The lowest BCUT2D eigenvalue weighted by Crippen LogP contribution is -2.42. The number of ether oxygens (including phenoxy) is 2. The zero-order chi connectivity index (χ0) is 17.2. The van der Waals surface area contributed by atoms with Crippen LogP contribution in [0, 0.1) is 0 Å². The predicted molar refractivity (Wildman–Crippen MR) is 99.1 cm³/mol. The summed E-state index contributed by atoms with van der Waals surface area (Å²) in [5.74, 6) is 2.46. The van der Waals surface area contributed by atoms with E-state index in [-0.39, 0.29) is 0 Å². The molecule has 0 atom stereocenters. The van der Waals surface area contributed by atoms with Crippen molar-refractivity contribution in [1.82, 2.24) is 10.6 Å². The number of aryl methyl sites for hydroxylation is 1. The average molecular weight is 331 g/mol. The minimum Gasteiger partial charge on any atom is -0.493 e. The zero-order valence-electron chi connectivity index (χ0n) is 15.0. The maximum atomic E-state index is 5.35. The first-order valence-electron chi connectivity index (χ1n) is 8.67. The van der Waals surface area contributed by atoms with Crippen molar-refractivity contribution in [1.29, 1.82) is 0 Å². The van der Waals surface area contributed by atoms with Gasteiger partial charge in [-0.25, -0.2) is 0 Å². The summed E-state index contributed by atoms with van der Waals surface area (Å²) in [7, 11) is 3.32. The number of rotatable bonds is 8. The molecule has 2 rings (SSSR count). The molecule has 0 saturated heterocycles. The maximum Gasteiger partial charge on any atom is 0.191 e. The molecule has 0 aromatic heterocycles. The van der Waals surface area contributed by atoms with Crippen LogP contribution >= 0.6 is 0 Å². The second-order valence-electron chi connectivity index (χ2n) is 5.84. The molecule has 1 aliphatic carbocycles. The molecule has 0 saturated carbocycles. The van der Waals surface area contributed by atoms with Gasteiger partial charge in [0, 0.05) is 19.1 Å². The number of nitrogens with one attached hydrogen (secondary N) is 2. The second-order valence-corrected chi connectivity index (χ2v) is 5.84. The Hall–Kier alpha value is -2.17. The Balaban J connectivity index is 1.82. The zero-order valence-corrected chi connectivity index (χ0v) is 15.0. The van der Waals surface area contributed by atoms with E-state index in [1.807, 2.05) is 12.1 Å². The van der Waals surface area contributed by atoms with Crippen LogP contribution < -0.4 is 20.1 Å². The van der Waals surface area contributed by atoms with E-state index in [4.69, 9.17) is 9.47 Å². The summed E-state index contributed by atoms with van der Waals surface area (Å²) in [5.41, 5.74) is 1.24. The third kappa shape index (κ3) is 5.48. The van der Waals surface area contributed by atoms with Crippen LogP contribution in [0.1, 0.15) is 31.7 Å². The van der Waals surface area contributed by atoms with E-state index in [9.17, 15) is 0 Å². The Kier molecular flexibility index (Phi) is 7.46. The summed E-state index contributed by atoms with van der Waals surface area (Å²) in [5, 5.41) is 6.80. The molecule has 5 heteroatoms. The van der Waals surface area contributed by atoms with Crippen LogP contribution in [0.2, 0.25) is 0 Å². The second kappa shape index (κ2) is 9.85. The maximum absolute atomic E-state index is 5.35. The Bertz CT molecular complexity index is 562. The van der Waals surface area contributed by atoms with Gasteiger partial charge in [0.15, 0.2) is 17.5 Å². The van der Waals surface area contributed by atoms with Crippen LogP contribution in [0.3, 0.4) is 0 Å². The molecular weight excluding hydrogens is 302 g/mol. The molecule has 0 spiro atoms. The van der Waals surface area contributed by atoms with E-state index in [0.717, 1.165) is 56.2 Å². The van der Waals surface area contributed by atoms with Crippen LogP contribution in [0.5, 0.6) is 11.5 Å². The van der Waals surface area contributed by atoms with Gasteiger partial charge >= 0.3 is 0 Å². The van der Waals surface area contributed by atoms with E-state index in [1.54, 1.807) is 14.2 Å². The number of hydrogen-bond donors (Lipinski definition) is 2. The van der Waals surface area contributed by atoms with Gasteiger partial charge in [0.1, 0.15) is 0 Å². The van der Waals surface area contributed by atoms with Gasteiger partial charge in [-0.3, -0.25) is 4.99 Å². The summed E-state index contributed by atoms with van der Waals surface area (Å²) in [6.07, 6.45) is 8.56. The van der Waals surface area contributed by atoms with Gasteiger partial charge in [-0.05, 0) is 50.3 Å². The molecule has 132 valence electrons. The smallest absolute Gasteiger partial charge is 0.191 e. The molecule has 1 aliphatic rings. The third-order valence-corrected chi connectivity index (χ3v) is 4.03. The molecule has 0 aliphatic heterocycles. The lowest BCUT2D eigenvalue weighted by Gasteiger charge is -2.16. The van der Waals surface area contributed by atoms with Gasteiger partial charge in [-0.2, -0.15) is 0 Å². The summed E-state index contributed by atoms with van der Waals surface area (Å²) < 4.78 is 10.6. The molecule has 2 N–H and O–H groups in total. The first-order valence-corrected chi connectivity index (χ1v) is 8.67. The van der Waals surface area contributed by atoms with E-state index in [0.29, 0.717) is 6.04 Å². The highest BCUT2D eigenvalue weighted by atomic mass is 16.5. The normalized spacial score (nSPS) is 14.7. The van der Waals surface area contributed by atoms with Crippen LogP contribution in [-0.2, 0) is 6.42 Å². The molecule has 0 bridgehead atoms. The lowest BCUT2D eigenvalue weighted by atomic mass is 10.1. The highest BCUT2D eigenvalue weighted by Gasteiger charge is 2.11. The highest BCUT2D eigenvalue weighted by molar-refractivity contribution is 5.80. The van der Waals surface area contributed by atoms with Gasteiger partial charge in [0.25, 0.3) is 0 Å². The molecule has 0 unspecified atom stereocenters. The fraction of sp³-hybridized carbons (Fsp3) is 0.526. The van der Waals surface area contributed by atoms with Crippen molar-refractivity contribution in [2.45, 2.75) is 38.6 Å². The first kappa shape index (κ1) is 18.2. The van der Waals surface area contributed by atoms with Crippen molar-refractivity contribution < 1.29 is 9.47 Å². The quantitative estimate of drug-likeness (QED) is 0.333. The van der Waals surface area contributed by atoms with Crippen molar-refractivity contribution in [3.63, 3.8) is 0 Å². The number of aliphatic imine (C=N–C) groups is 1. The van der Waals surface area contributed by atoms with Crippen LogP contribution in [-0.4, -0.2) is 39.3 Å². The van der Waals surface area contributed by atoms with Gasteiger partial charge in [0.05, 0.1) is 14.2 Å². The number of guanidine groups is 1. The van der Waals surface area contributed by atoms with Crippen LogP contribution in [0.15, 0.2) is 35.3 Å². The molecule has 0 fully saturated rings. The molecule has 5 nitrogen and oxygen atoms in total. The third-order valence-electron chi connectivity index (χ3n) is 4.03. The molecule has 0 heterocycles. The highest BCUT2D eigenvalue weighted by Crippen LogP contribution is 2.27. The molecule has 0 amide bonds. The van der Waals surface area contributed by atoms with Gasteiger partial charge in [-0.15, -0.1) is 0 Å². The topological polar surface area (TPSA) is 54.9 Å². The summed E-state index contributed by atoms with van der Waals surface area (Å²) in [6, 6.07) is 6.55. The van der Waals surface area contributed by atoms with Crippen LogP contribution in [0.25, 0.3) is 0 Å². The van der Waals surface area contributed by atoms with Crippen molar-refractivity contribution in [2.24, 2.45) is 4.99 Å². The predicted octanol–water partition coefficient (Wildman–Crippen LogP) is 2.91. The largest absolute Gasteiger partial charge is 0.493 e. The SMILES string of the molecule is CCNC(=NCCCc1ccc(OC)c(OC)c1)NC1CC=CC1. The number of hydrogen-bond acceptors (Lipinski definition) is 3. The Morgan fingerprint density at radius 2 is 1.92 bits per heavy atom. The van der Waals surface area contributed by atoms with Crippen molar-refractivity contribution in [3.05, 3.63) is 35.9 Å². The minimum atomic E-state index is 0.480. The van der Waals surface area contributed by atoms with Crippen molar-refractivity contribution in [3.8, 4) is 11.5 Å². The minimum absolute atomic E-state index is 0.480. The molecule has 0 radical (unpaired) electrons. The van der Waals surface area contributed by atoms with Crippen molar-refractivity contribution >= 4 is 5.96 Å². The lowest BCUT2D eigenvalue weighted by molar-refractivity contribution is 0.354. The van der Waals surface area contributed by atoms with E-state index in [2.05, 4.69) is 40.8 Å². The Labute approximate surface area is 145 Å². The molecular formula is C19H29N3O2. The Morgan fingerprint density at radius 1 is 1.17 bits per heavy atom. The van der Waals surface area contributed by atoms with Gasteiger partial charge in [0.2, 0.25) is 0 Å². The standard InChI is InChI=1S/C19H29N3O2/c1-4-20-19(22-16-9-5-6-10-16)21-13-7-8-15-11-12-17(23-2)18(14-15)24-3/h5-6,11-12,14,16H,4,7-10,13H2,1-3H3,(H2,20,21,22). The molecule has 1 aromatic rings. The fourth-order valence-corrected chi connectivity index (χ4v) is 2.76. The van der Waals surface area contributed by atoms with Gasteiger partial charge < -0.3 is 20.1 Å². The first-order chi connectivity index (χ1) is 11.8. The van der Waals surface area contributed by atoms with Crippen LogP contribution in [0.4, 0.5) is 0 Å². The van der Waals surface area contributed by atoms with E-state index >= 15 is 0 Å². The van der Waals surface area contributed by atoms with E-state index in [1.165, 1.54) is 5.56 Å². The number of nitrogens with zero attached hydrogens (tertiary/aromatic N) is 1. The monoisotopic (exact) mass is 331 g/mol. The summed E-state index contributed by atoms with van der Waals surface area (Å²) in [6.45, 7) is 3.76.